The predicted octanol–water partition coefficient (Wildman–Crippen LogP) is 4.03. The Kier molecular flexibility index (Phi) is 6.00. The third-order valence-corrected chi connectivity index (χ3v) is 4.86. The minimum absolute atomic E-state index is 0.158. The van der Waals surface area contributed by atoms with Crippen molar-refractivity contribution in [1.82, 2.24) is 5.16 Å². The molecule has 1 aromatic rings. The summed E-state index contributed by atoms with van der Waals surface area (Å²) in [6.07, 6.45) is 6.54. The molecule has 22 heavy (non-hydrogen) atoms. The number of nitrogens with one attached hydrogen (secondary N) is 1. The van der Waals surface area contributed by atoms with Crippen LogP contribution < -0.4 is 5.32 Å². The Morgan fingerprint density at radius 2 is 2.09 bits per heavy atom. The highest BCUT2D eigenvalue weighted by atomic mass is 16.5. The molecule has 0 bridgehead atoms. The maximum absolute atomic E-state index is 12.4. The zero-order valence-electron chi connectivity index (χ0n) is 14.1. The first kappa shape index (κ1) is 17.0. The van der Waals surface area contributed by atoms with Crippen LogP contribution in [0.25, 0.3) is 0 Å². The predicted molar refractivity (Wildman–Crippen MR) is 85.9 cm³/mol. The van der Waals surface area contributed by atoms with Gasteiger partial charge in [-0.3, -0.25) is 10.1 Å². The van der Waals surface area contributed by atoms with E-state index in [0.717, 1.165) is 30.5 Å². The lowest BCUT2D eigenvalue weighted by Gasteiger charge is -2.20. The molecule has 124 valence electrons. The maximum Gasteiger partial charge on any atom is 0.256 e. The summed E-state index contributed by atoms with van der Waals surface area (Å²) in [4.78, 5) is 12.4. The minimum atomic E-state index is -0.465. The van der Waals surface area contributed by atoms with Crippen molar-refractivity contribution in [1.29, 1.82) is 0 Å². The van der Waals surface area contributed by atoms with E-state index in [1.807, 2.05) is 20.8 Å². The molecule has 0 aromatic carbocycles. The average molecular weight is 308 g/mol. The van der Waals surface area contributed by atoms with Crippen LogP contribution in [0.2, 0.25) is 0 Å². The molecule has 1 fully saturated rings. The summed E-state index contributed by atoms with van der Waals surface area (Å²) in [5.41, 5.74) is 1.96. The first-order chi connectivity index (χ1) is 10.6. The van der Waals surface area contributed by atoms with Crippen LogP contribution in [-0.4, -0.2) is 24.3 Å². The van der Waals surface area contributed by atoms with Crippen LogP contribution >= 0.6 is 0 Å². The van der Waals surface area contributed by atoms with Gasteiger partial charge in [0.15, 0.2) is 0 Å². The number of aromatic nitrogens is 1. The quantitative estimate of drug-likeness (QED) is 0.861. The number of anilines is 1. The molecule has 2 unspecified atom stereocenters. The molecule has 0 aliphatic heterocycles. The molecule has 1 heterocycles. The molecule has 5 heteroatoms. The highest BCUT2D eigenvalue weighted by Crippen LogP contribution is 2.35. The molecule has 0 spiro atoms. The highest BCUT2D eigenvalue weighted by Gasteiger charge is 2.27. The SMILES string of the molecule is CCC(C)C(OC)C(=O)Nc1onc(C2CCCCC2)c1C. The van der Waals surface area contributed by atoms with Gasteiger partial charge in [-0.15, -0.1) is 0 Å². The first-order valence-electron chi connectivity index (χ1n) is 8.38. The average Bonchev–Trinajstić information content (AvgIpc) is 2.89. The third-order valence-electron chi connectivity index (χ3n) is 4.86. The van der Waals surface area contributed by atoms with Crippen LogP contribution in [0, 0.1) is 12.8 Å². The Bertz CT molecular complexity index is 492. The molecule has 2 atom stereocenters. The number of carbonyl (C=O) groups excluding carboxylic acids is 1. The molecule has 1 amide bonds. The van der Waals surface area contributed by atoms with Gasteiger partial charge in [0.1, 0.15) is 6.10 Å². The molecule has 1 saturated carbocycles. The molecule has 1 aromatic heterocycles. The van der Waals surface area contributed by atoms with Crippen LogP contribution in [0.3, 0.4) is 0 Å². The lowest BCUT2D eigenvalue weighted by molar-refractivity contribution is -0.128. The van der Waals surface area contributed by atoms with Crippen molar-refractivity contribution < 1.29 is 14.1 Å². The molecule has 5 nitrogen and oxygen atoms in total. The van der Waals surface area contributed by atoms with Crippen molar-refractivity contribution in [3.8, 4) is 0 Å². The molecule has 1 aliphatic rings. The largest absolute Gasteiger partial charge is 0.371 e. The summed E-state index contributed by atoms with van der Waals surface area (Å²) in [6.45, 7) is 6.03. The second kappa shape index (κ2) is 7.77. The number of amides is 1. The topological polar surface area (TPSA) is 64.4 Å². The van der Waals surface area contributed by atoms with Crippen LogP contribution in [0.4, 0.5) is 5.88 Å². The van der Waals surface area contributed by atoms with E-state index in [9.17, 15) is 4.79 Å². The summed E-state index contributed by atoms with van der Waals surface area (Å²) in [7, 11) is 1.57. The van der Waals surface area contributed by atoms with E-state index in [-0.39, 0.29) is 11.8 Å². The van der Waals surface area contributed by atoms with Crippen LogP contribution in [0.1, 0.15) is 69.5 Å². The van der Waals surface area contributed by atoms with Gasteiger partial charge in [0.25, 0.3) is 5.91 Å². The molecular formula is C17H28N2O3. The lowest BCUT2D eigenvalue weighted by Crippen LogP contribution is -2.34. The summed E-state index contributed by atoms with van der Waals surface area (Å²) < 4.78 is 10.7. The third kappa shape index (κ3) is 3.69. The molecular weight excluding hydrogens is 280 g/mol. The second-order valence-corrected chi connectivity index (χ2v) is 6.39. The van der Waals surface area contributed by atoms with Crippen molar-refractivity contribution in [3.63, 3.8) is 0 Å². The fraction of sp³-hybridized carbons (Fsp3) is 0.765. The number of rotatable bonds is 6. The van der Waals surface area contributed by atoms with Gasteiger partial charge in [-0.05, 0) is 25.7 Å². The number of methoxy groups -OCH3 is 1. The van der Waals surface area contributed by atoms with Crippen molar-refractivity contribution in [2.24, 2.45) is 5.92 Å². The van der Waals surface area contributed by atoms with Gasteiger partial charge in [0.05, 0.1) is 5.69 Å². The zero-order valence-corrected chi connectivity index (χ0v) is 14.1. The van der Waals surface area contributed by atoms with Gasteiger partial charge < -0.3 is 9.26 Å². The van der Waals surface area contributed by atoms with Crippen LogP contribution in [0.5, 0.6) is 0 Å². The van der Waals surface area contributed by atoms with Gasteiger partial charge in [0, 0.05) is 18.6 Å². The molecule has 1 N–H and O–H groups in total. The summed E-state index contributed by atoms with van der Waals surface area (Å²) in [6, 6.07) is 0. The summed E-state index contributed by atoms with van der Waals surface area (Å²) in [5, 5.41) is 7.05. The van der Waals surface area contributed by atoms with Gasteiger partial charge in [-0.25, -0.2) is 0 Å². The van der Waals surface area contributed by atoms with E-state index in [2.05, 4.69) is 10.5 Å². The Morgan fingerprint density at radius 3 is 2.68 bits per heavy atom. The Labute approximate surface area is 132 Å². The number of carbonyl (C=O) groups is 1. The fourth-order valence-electron chi connectivity index (χ4n) is 3.22. The van der Waals surface area contributed by atoms with Crippen LogP contribution in [0.15, 0.2) is 4.52 Å². The number of hydrogen-bond donors (Lipinski definition) is 1. The van der Waals surface area contributed by atoms with Gasteiger partial charge >= 0.3 is 0 Å². The monoisotopic (exact) mass is 308 g/mol. The van der Waals surface area contributed by atoms with Gasteiger partial charge in [0.2, 0.25) is 5.88 Å². The highest BCUT2D eigenvalue weighted by molar-refractivity contribution is 5.93. The fourth-order valence-corrected chi connectivity index (χ4v) is 3.22. The van der Waals surface area contributed by atoms with E-state index in [0.29, 0.717) is 11.8 Å². The lowest BCUT2D eigenvalue weighted by atomic mass is 9.86. The summed E-state index contributed by atoms with van der Waals surface area (Å²) >= 11 is 0. The van der Waals surface area contributed by atoms with Crippen molar-refractivity contribution >= 4 is 11.8 Å². The minimum Gasteiger partial charge on any atom is -0.371 e. The number of hydrogen-bond acceptors (Lipinski definition) is 4. The molecule has 0 saturated heterocycles. The standard InChI is InChI=1S/C17H28N2O3/c1-5-11(2)15(21-4)16(20)18-17-12(3)14(19-22-17)13-9-7-6-8-10-13/h11,13,15H,5-10H2,1-4H3,(H,18,20). The van der Waals surface area contributed by atoms with E-state index >= 15 is 0 Å². The van der Waals surface area contributed by atoms with Gasteiger partial charge in [-0.1, -0.05) is 44.7 Å². The summed E-state index contributed by atoms with van der Waals surface area (Å²) in [5.74, 6) is 0.934. The van der Waals surface area contributed by atoms with Crippen molar-refractivity contribution in [2.75, 3.05) is 12.4 Å². The molecule has 2 rings (SSSR count). The maximum atomic E-state index is 12.4. The number of nitrogens with zero attached hydrogens (tertiary/aromatic N) is 1. The smallest absolute Gasteiger partial charge is 0.256 e. The first-order valence-corrected chi connectivity index (χ1v) is 8.38. The van der Waals surface area contributed by atoms with E-state index < -0.39 is 6.10 Å². The second-order valence-electron chi connectivity index (χ2n) is 6.39. The Morgan fingerprint density at radius 1 is 1.41 bits per heavy atom. The zero-order chi connectivity index (χ0) is 16.1. The normalized spacial score (nSPS) is 18.9. The van der Waals surface area contributed by atoms with E-state index in [4.69, 9.17) is 9.26 Å². The van der Waals surface area contributed by atoms with Crippen molar-refractivity contribution in [2.45, 2.75) is 71.3 Å². The number of ether oxygens (including phenoxy) is 1. The Hall–Kier alpha value is -1.36. The van der Waals surface area contributed by atoms with E-state index in [1.165, 1.54) is 19.3 Å². The Balaban J connectivity index is 2.07. The molecule has 1 aliphatic carbocycles. The van der Waals surface area contributed by atoms with E-state index in [1.54, 1.807) is 7.11 Å². The van der Waals surface area contributed by atoms with Crippen molar-refractivity contribution in [3.05, 3.63) is 11.3 Å². The molecule has 0 radical (unpaired) electrons. The van der Waals surface area contributed by atoms with Crippen LogP contribution in [-0.2, 0) is 9.53 Å². The van der Waals surface area contributed by atoms with Gasteiger partial charge in [-0.2, -0.15) is 0 Å².